The van der Waals surface area contributed by atoms with E-state index in [0.717, 1.165) is 54.3 Å². The first-order valence-corrected chi connectivity index (χ1v) is 9.88. The third-order valence-electron chi connectivity index (χ3n) is 5.68. The summed E-state index contributed by atoms with van der Waals surface area (Å²) < 4.78 is 0. The van der Waals surface area contributed by atoms with Crippen LogP contribution in [0.3, 0.4) is 0 Å². The number of rotatable bonds is 4. The van der Waals surface area contributed by atoms with Crippen LogP contribution in [-0.2, 0) is 0 Å². The Balaban J connectivity index is 1.52. The van der Waals surface area contributed by atoms with Gasteiger partial charge in [0.05, 0.1) is 6.10 Å². The van der Waals surface area contributed by atoms with E-state index in [-0.39, 0.29) is 5.92 Å². The molecule has 1 N–H and O–H groups in total. The maximum Gasteiger partial charge on any atom is 0.180 e. The fourth-order valence-corrected chi connectivity index (χ4v) is 3.88. The summed E-state index contributed by atoms with van der Waals surface area (Å²) in [6, 6.07) is 15.8. The second-order valence-corrected chi connectivity index (χ2v) is 7.48. The largest absolute Gasteiger partial charge is 0.388 e. The maximum absolute atomic E-state index is 10.7. The summed E-state index contributed by atoms with van der Waals surface area (Å²) >= 11 is 0. The molecule has 0 bridgehead atoms. The van der Waals surface area contributed by atoms with Gasteiger partial charge in [-0.25, -0.2) is 9.97 Å². The van der Waals surface area contributed by atoms with Gasteiger partial charge in [0.15, 0.2) is 5.82 Å². The van der Waals surface area contributed by atoms with Crippen LogP contribution < -0.4 is 4.90 Å². The van der Waals surface area contributed by atoms with Crippen LogP contribution in [0.1, 0.15) is 35.8 Å². The molecular weight excluding hydrogens is 348 g/mol. The predicted molar refractivity (Wildman–Crippen MR) is 111 cm³/mol. The van der Waals surface area contributed by atoms with Crippen molar-refractivity contribution in [2.45, 2.75) is 32.8 Å². The average molecular weight is 374 g/mol. The minimum absolute atomic E-state index is 0.275. The van der Waals surface area contributed by atoms with Crippen molar-refractivity contribution in [2.75, 3.05) is 18.0 Å². The van der Waals surface area contributed by atoms with Gasteiger partial charge in [-0.1, -0.05) is 36.4 Å². The molecule has 144 valence electrons. The third kappa shape index (κ3) is 3.76. The summed E-state index contributed by atoms with van der Waals surface area (Å²) in [4.78, 5) is 16.2. The molecule has 0 amide bonds. The molecule has 2 aromatic heterocycles. The molecule has 3 aromatic rings. The molecule has 1 atom stereocenters. The summed E-state index contributed by atoms with van der Waals surface area (Å²) in [7, 11) is 0. The number of piperidine rings is 1. The molecular formula is C23H26N4O. The van der Waals surface area contributed by atoms with Crippen LogP contribution in [-0.4, -0.2) is 33.1 Å². The van der Waals surface area contributed by atoms with Crippen LogP contribution in [0.25, 0.3) is 11.5 Å². The predicted octanol–water partition coefficient (Wildman–Crippen LogP) is 4.11. The molecule has 1 aliphatic heterocycles. The van der Waals surface area contributed by atoms with Gasteiger partial charge in [0.1, 0.15) is 11.5 Å². The van der Waals surface area contributed by atoms with Gasteiger partial charge in [0.25, 0.3) is 0 Å². The fourth-order valence-electron chi connectivity index (χ4n) is 3.88. The van der Waals surface area contributed by atoms with E-state index in [0.29, 0.717) is 5.82 Å². The van der Waals surface area contributed by atoms with E-state index in [4.69, 9.17) is 4.98 Å². The van der Waals surface area contributed by atoms with Crippen molar-refractivity contribution in [3.05, 3.63) is 71.5 Å². The first-order valence-electron chi connectivity index (χ1n) is 9.88. The van der Waals surface area contributed by atoms with Gasteiger partial charge in [-0.15, -0.1) is 0 Å². The highest BCUT2D eigenvalue weighted by Crippen LogP contribution is 2.33. The summed E-state index contributed by atoms with van der Waals surface area (Å²) in [5.74, 6) is 1.93. The molecule has 0 spiro atoms. The van der Waals surface area contributed by atoms with Gasteiger partial charge in [0, 0.05) is 30.5 Å². The Hall–Kier alpha value is -2.79. The highest BCUT2D eigenvalue weighted by atomic mass is 16.3. The van der Waals surface area contributed by atoms with E-state index in [2.05, 4.69) is 21.8 Å². The van der Waals surface area contributed by atoms with E-state index in [9.17, 15) is 5.11 Å². The van der Waals surface area contributed by atoms with Gasteiger partial charge in [-0.05, 0) is 50.3 Å². The molecule has 5 heteroatoms. The van der Waals surface area contributed by atoms with Crippen molar-refractivity contribution in [3.8, 4) is 11.5 Å². The molecule has 0 saturated carbocycles. The average Bonchev–Trinajstić information content (AvgIpc) is 2.76. The third-order valence-corrected chi connectivity index (χ3v) is 5.68. The highest BCUT2D eigenvalue weighted by molar-refractivity contribution is 5.57. The van der Waals surface area contributed by atoms with Crippen molar-refractivity contribution < 1.29 is 5.11 Å². The highest BCUT2D eigenvalue weighted by Gasteiger charge is 2.28. The molecule has 1 aromatic carbocycles. The topological polar surface area (TPSA) is 62.1 Å². The van der Waals surface area contributed by atoms with Crippen LogP contribution in [0.15, 0.2) is 54.7 Å². The first kappa shape index (κ1) is 18.6. The standard InChI is InChI=1S/C23H26N4O/c1-16-17(2)25-22(20-10-6-7-13-24-20)26-23(16)27-14-11-19(12-15-27)21(28)18-8-4-3-5-9-18/h3-10,13,19,21,28H,11-12,14-15H2,1-2H3. The summed E-state index contributed by atoms with van der Waals surface area (Å²) in [5, 5.41) is 10.7. The van der Waals surface area contributed by atoms with Gasteiger partial charge in [-0.2, -0.15) is 0 Å². The lowest BCUT2D eigenvalue weighted by atomic mass is 9.87. The summed E-state index contributed by atoms with van der Waals surface area (Å²) in [6.07, 6.45) is 3.25. The number of nitrogens with zero attached hydrogens (tertiary/aromatic N) is 4. The Labute approximate surface area is 166 Å². The minimum Gasteiger partial charge on any atom is -0.388 e. The zero-order valence-electron chi connectivity index (χ0n) is 16.4. The van der Waals surface area contributed by atoms with E-state index >= 15 is 0 Å². The first-order chi connectivity index (χ1) is 13.6. The number of aromatic nitrogens is 3. The monoisotopic (exact) mass is 374 g/mol. The quantitative estimate of drug-likeness (QED) is 0.745. The van der Waals surface area contributed by atoms with E-state index in [1.165, 1.54) is 0 Å². The number of anilines is 1. The van der Waals surface area contributed by atoms with E-state index < -0.39 is 6.10 Å². The molecule has 3 heterocycles. The van der Waals surface area contributed by atoms with Crippen LogP contribution in [0.4, 0.5) is 5.82 Å². The van der Waals surface area contributed by atoms with Crippen LogP contribution in [0, 0.1) is 19.8 Å². The van der Waals surface area contributed by atoms with Crippen LogP contribution in [0.5, 0.6) is 0 Å². The molecule has 5 nitrogen and oxygen atoms in total. The Morgan fingerprint density at radius 2 is 1.68 bits per heavy atom. The number of hydrogen-bond acceptors (Lipinski definition) is 5. The summed E-state index contributed by atoms with van der Waals surface area (Å²) in [6.45, 7) is 5.87. The SMILES string of the molecule is Cc1nc(-c2ccccn2)nc(N2CCC(C(O)c3ccccc3)CC2)c1C. The zero-order valence-corrected chi connectivity index (χ0v) is 16.4. The second kappa shape index (κ2) is 8.07. The number of pyridine rings is 1. The van der Waals surface area contributed by atoms with Crippen LogP contribution in [0.2, 0.25) is 0 Å². The minimum atomic E-state index is -0.402. The smallest absolute Gasteiger partial charge is 0.180 e. The van der Waals surface area contributed by atoms with Gasteiger partial charge >= 0.3 is 0 Å². The summed E-state index contributed by atoms with van der Waals surface area (Å²) in [5.41, 5.74) is 3.90. The van der Waals surface area contributed by atoms with Gasteiger partial charge in [-0.3, -0.25) is 4.98 Å². The lowest BCUT2D eigenvalue weighted by molar-refractivity contribution is 0.0928. The van der Waals surface area contributed by atoms with E-state index in [1.54, 1.807) is 6.20 Å². The van der Waals surface area contributed by atoms with Crippen molar-refractivity contribution in [1.82, 2.24) is 15.0 Å². The lowest BCUT2D eigenvalue weighted by Crippen LogP contribution is -2.36. The number of aryl methyl sites for hydroxylation is 1. The molecule has 0 aliphatic carbocycles. The second-order valence-electron chi connectivity index (χ2n) is 7.48. The van der Waals surface area contributed by atoms with Gasteiger partial charge in [0.2, 0.25) is 0 Å². The Bertz CT molecular complexity index is 922. The molecule has 0 radical (unpaired) electrons. The van der Waals surface area contributed by atoms with Crippen molar-refractivity contribution in [3.63, 3.8) is 0 Å². The zero-order chi connectivity index (χ0) is 19.5. The van der Waals surface area contributed by atoms with Crippen molar-refractivity contribution in [1.29, 1.82) is 0 Å². The van der Waals surface area contributed by atoms with Gasteiger partial charge < -0.3 is 10.0 Å². The molecule has 1 unspecified atom stereocenters. The number of aliphatic hydroxyl groups excluding tert-OH is 1. The number of aliphatic hydroxyl groups is 1. The van der Waals surface area contributed by atoms with Crippen molar-refractivity contribution >= 4 is 5.82 Å². The normalized spacial score (nSPS) is 16.2. The molecule has 1 aliphatic rings. The van der Waals surface area contributed by atoms with Crippen molar-refractivity contribution in [2.24, 2.45) is 5.92 Å². The Kier molecular flexibility index (Phi) is 5.35. The lowest BCUT2D eigenvalue weighted by Gasteiger charge is -2.36. The molecule has 1 fully saturated rings. The molecule has 1 saturated heterocycles. The molecule has 4 rings (SSSR count). The van der Waals surface area contributed by atoms with Crippen LogP contribution >= 0.6 is 0 Å². The number of benzene rings is 1. The Morgan fingerprint density at radius 3 is 2.36 bits per heavy atom. The van der Waals surface area contributed by atoms with E-state index in [1.807, 2.05) is 55.5 Å². The maximum atomic E-state index is 10.7. The fraction of sp³-hybridized carbons (Fsp3) is 0.348. The molecule has 28 heavy (non-hydrogen) atoms. The Morgan fingerprint density at radius 1 is 0.964 bits per heavy atom. The number of hydrogen-bond donors (Lipinski definition) is 1.